The van der Waals surface area contributed by atoms with Crippen LogP contribution in [0, 0.1) is 27.2 Å². The standard InChI is InChI=1S/C13H15F3N4.C11H12N4O2.C11H14N4.C8H11NO.C6H5NO.C3H5F3.C3H3N3O2.C2H5.BrH.Mg/c1-2-11(10-3-6-17-7-4-10)20-8-5-12(19-20)18-9-13(14,15)16;1-2-10(9-3-6-12-7-4-9)14-8-5-11(13-14)15(16)17;1-2-10(9-3-6-13-7-4-9)15-8-5-11(12)14-15;1-2-8(10)7-3-5-9-6-4-7;8-5-6-1-3-7-4-2-6;1-2-3(4,5)6;7-6(8)3-1-2-4-5-3;1-2;;/h3-8,11H,2,9H2,1H3,(H,18,19);3-8,10H,2H2,1H3;3-8,10H,2H2,1H3,(H2,12,14);3-6,8,10H,2H2,1H3;1-5H;2H2,1H3;1-2H,(H,4,5);1H2,2H3;1H;/q;;;;;;;-1;;+2/p-1. The van der Waals surface area contributed by atoms with Crippen molar-refractivity contribution in [1.82, 2.24) is 64.5 Å². The maximum atomic E-state index is 12.1. The third-order valence-electron chi connectivity index (χ3n) is 11.3. The number of rotatable bonds is 16. The van der Waals surface area contributed by atoms with Crippen molar-refractivity contribution in [2.75, 3.05) is 17.6 Å². The van der Waals surface area contributed by atoms with Crippen molar-refractivity contribution < 1.29 is 63.1 Å². The molecule has 9 heterocycles. The molecule has 0 spiro atoms. The number of hydrogen-bond acceptors (Lipinski definition) is 17. The van der Waals surface area contributed by atoms with Crippen LogP contribution in [0.2, 0.25) is 0 Å². The van der Waals surface area contributed by atoms with Gasteiger partial charge in [-0.3, -0.25) is 39.1 Å². The molecule has 9 aromatic heterocycles. The number of aromatic nitrogens is 13. The maximum Gasteiger partial charge on any atom is 2.00 e. The molecule has 31 heteroatoms. The number of aldehydes is 1. The molecule has 88 heavy (non-hydrogen) atoms. The topological polar surface area (TPSA) is 308 Å². The summed E-state index contributed by atoms with van der Waals surface area (Å²) in [7, 11) is 0. The van der Waals surface area contributed by atoms with Crippen LogP contribution in [0.3, 0.4) is 0 Å². The van der Waals surface area contributed by atoms with Gasteiger partial charge in [-0.1, -0.05) is 39.7 Å². The second-order valence-electron chi connectivity index (χ2n) is 17.2. The number of H-pyrrole nitrogens is 1. The Hall–Kier alpha value is -8.55. The molecule has 0 radical (unpaired) electrons. The summed E-state index contributed by atoms with van der Waals surface area (Å²) in [6.07, 6.45) is 18.3. The molecule has 0 aromatic carbocycles. The van der Waals surface area contributed by atoms with Gasteiger partial charge in [0.25, 0.3) is 0 Å². The van der Waals surface area contributed by atoms with Crippen LogP contribution in [0.1, 0.15) is 130 Å². The van der Waals surface area contributed by atoms with E-state index in [0.717, 1.165) is 55.6 Å². The van der Waals surface area contributed by atoms with Crippen LogP contribution < -0.4 is 28.0 Å². The van der Waals surface area contributed by atoms with Crippen molar-refractivity contribution in [2.24, 2.45) is 0 Å². The summed E-state index contributed by atoms with van der Waals surface area (Å²) in [4.78, 5) is 48.8. The zero-order valence-electron chi connectivity index (χ0n) is 49.2. The Morgan fingerprint density at radius 3 is 1.26 bits per heavy atom. The van der Waals surface area contributed by atoms with Gasteiger partial charge in [0, 0.05) is 92.4 Å². The van der Waals surface area contributed by atoms with Crippen LogP contribution in [0.15, 0.2) is 172 Å². The molecule has 4 atom stereocenters. The molecule has 0 saturated heterocycles. The number of alkyl halides is 6. The molecule has 470 valence electrons. The Morgan fingerprint density at radius 2 is 0.966 bits per heavy atom. The summed E-state index contributed by atoms with van der Waals surface area (Å²) >= 11 is 0. The fourth-order valence-corrected chi connectivity index (χ4v) is 7.02. The Morgan fingerprint density at radius 1 is 0.580 bits per heavy atom. The van der Waals surface area contributed by atoms with E-state index in [0.29, 0.717) is 11.4 Å². The fourth-order valence-electron chi connectivity index (χ4n) is 7.02. The van der Waals surface area contributed by atoms with Gasteiger partial charge in [-0.25, -0.2) is 0 Å². The zero-order chi connectivity index (χ0) is 63.9. The van der Waals surface area contributed by atoms with Crippen molar-refractivity contribution in [3.8, 4) is 0 Å². The zero-order valence-corrected chi connectivity index (χ0v) is 52.2. The molecule has 9 aromatic rings. The second-order valence-corrected chi connectivity index (χ2v) is 17.2. The minimum Gasteiger partial charge on any atom is -1.00 e. The minimum atomic E-state index is -4.25. The van der Waals surface area contributed by atoms with E-state index >= 15 is 0 Å². The monoisotopic (exact) mass is 1310 g/mol. The van der Waals surface area contributed by atoms with Crippen LogP contribution >= 0.6 is 0 Å². The number of carbonyl (C=O) groups excluding carboxylic acids is 1. The average molecular weight is 1310 g/mol. The number of carbonyl (C=O) groups is 1. The quantitative estimate of drug-likeness (QED) is 0.0175. The van der Waals surface area contributed by atoms with E-state index in [4.69, 9.17) is 5.73 Å². The van der Waals surface area contributed by atoms with Crippen LogP contribution in [0.4, 0.5) is 49.6 Å². The van der Waals surface area contributed by atoms with E-state index in [1.54, 1.807) is 103 Å². The number of hydrogen-bond donors (Lipinski definition) is 4. The largest absolute Gasteiger partial charge is 2.00 e. The predicted molar refractivity (Wildman–Crippen MR) is 318 cm³/mol. The number of nitrogens with zero attached hydrogens (tertiary/aromatic N) is 14. The average Bonchev–Trinajstić information content (AvgIpc) is 2.69. The van der Waals surface area contributed by atoms with Crippen molar-refractivity contribution in [2.45, 2.75) is 110 Å². The molecule has 0 saturated carbocycles. The molecule has 0 bridgehead atoms. The van der Waals surface area contributed by atoms with Crippen LogP contribution in [0.5, 0.6) is 0 Å². The Labute approximate surface area is 531 Å². The number of aromatic amines is 1. The first-order valence-electron chi connectivity index (χ1n) is 26.6. The molecule has 0 aliphatic heterocycles. The number of anilines is 2. The van der Waals surface area contributed by atoms with Gasteiger partial charge >= 0.3 is 47.0 Å². The van der Waals surface area contributed by atoms with Gasteiger partial charge in [-0.05, 0) is 125 Å². The SMILES string of the molecule is CCC(F)(F)F.CCC(O)c1ccncc1.CCC(c1ccncc1)n1ccc(N)n1.CCC(c1ccncc1)n1ccc(NCC(F)(F)F)n1.CCC(c1ccncc1)n1ccc([N+](=O)[O-])n1.O=Cc1ccncc1.O=[N+]([O-])c1ccn[nH]1.[Br-].[CH2-]C.[Mg+2]. The maximum absolute atomic E-state index is 12.1. The number of halogens is 7. The van der Waals surface area contributed by atoms with Gasteiger partial charge in [0.1, 0.15) is 24.5 Å². The summed E-state index contributed by atoms with van der Waals surface area (Å²) in [6, 6.07) is 24.8. The van der Waals surface area contributed by atoms with E-state index in [-0.39, 0.29) is 81.7 Å². The van der Waals surface area contributed by atoms with Crippen molar-refractivity contribution in [3.63, 3.8) is 0 Å². The number of aliphatic hydroxyl groups excluding tert-OH is 1. The Kier molecular flexibility index (Phi) is 39.7. The molecular weight excluding hydrogens is 1240 g/mol. The van der Waals surface area contributed by atoms with Gasteiger partial charge in [-0.2, -0.15) is 48.1 Å². The third kappa shape index (κ3) is 31.2. The summed E-state index contributed by atoms with van der Waals surface area (Å²) in [5.74, 6) is 0.569. The number of pyridine rings is 5. The summed E-state index contributed by atoms with van der Waals surface area (Å²) in [6.45, 7) is 13.1. The predicted octanol–water partition coefficient (Wildman–Crippen LogP) is 9.46. The Balaban J connectivity index is 0.00000103. The number of aliphatic hydroxyl groups is 1. The molecular formula is C57H70BrF6MgN17O6. The van der Waals surface area contributed by atoms with E-state index in [9.17, 15) is 56.5 Å². The third-order valence-corrected chi connectivity index (χ3v) is 11.3. The molecule has 0 amide bonds. The molecule has 0 fully saturated rings. The summed E-state index contributed by atoms with van der Waals surface area (Å²) in [5, 5.41) is 49.8. The first-order chi connectivity index (χ1) is 41.2. The second kappa shape index (κ2) is 44.0. The van der Waals surface area contributed by atoms with E-state index in [1.165, 1.54) is 30.0 Å². The van der Waals surface area contributed by atoms with Crippen molar-refractivity contribution >= 4 is 52.6 Å². The van der Waals surface area contributed by atoms with Crippen molar-refractivity contribution in [1.29, 1.82) is 0 Å². The number of nitrogens with one attached hydrogen (secondary N) is 2. The van der Waals surface area contributed by atoms with E-state index in [1.807, 2.05) is 86.2 Å². The fraction of sp³-hybridized carbons (Fsp3) is 0.316. The molecule has 0 aliphatic rings. The number of nitrogen functional groups attached to an aromatic ring is 1. The normalized spacial score (nSPS) is 11.5. The van der Waals surface area contributed by atoms with Gasteiger partial charge in [0.05, 0.1) is 53.9 Å². The van der Waals surface area contributed by atoms with Gasteiger partial charge < -0.3 is 60.3 Å². The number of nitrogens with two attached hydrogens (primary N) is 1. The van der Waals surface area contributed by atoms with Crippen LogP contribution in [-0.4, -0.2) is 128 Å². The number of nitro groups is 2. The van der Waals surface area contributed by atoms with Crippen LogP contribution in [0.25, 0.3) is 0 Å². The van der Waals surface area contributed by atoms with Gasteiger partial charge in [-0.15, -0.1) is 5.10 Å². The van der Waals surface area contributed by atoms with E-state index < -0.39 is 35.2 Å². The first kappa shape index (κ1) is 79.4. The molecule has 0 aliphatic carbocycles. The molecule has 5 N–H and O–H groups in total. The minimum absolute atomic E-state index is 0. The van der Waals surface area contributed by atoms with Gasteiger partial charge in [0.2, 0.25) is 0 Å². The smallest absolute Gasteiger partial charge is 1.00 e. The first-order valence-corrected chi connectivity index (χ1v) is 26.6. The Bertz CT molecular complexity index is 3200. The van der Waals surface area contributed by atoms with Crippen molar-refractivity contribution in [3.05, 3.63) is 227 Å². The molecule has 23 nitrogen and oxygen atoms in total. The van der Waals surface area contributed by atoms with Gasteiger partial charge in [0.15, 0.2) is 0 Å². The summed E-state index contributed by atoms with van der Waals surface area (Å²) in [5.41, 5.74) is 10.5. The molecule has 9 rings (SSSR count). The van der Waals surface area contributed by atoms with E-state index in [2.05, 4.69) is 69.6 Å². The summed E-state index contributed by atoms with van der Waals surface area (Å²) < 4.78 is 73.9. The molecule has 4 unspecified atom stereocenters. The van der Waals surface area contributed by atoms with Crippen LogP contribution in [-0.2, 0) is 0 Å².